The molecule has 0 fully saturated rings. The van der Waals surface area contributed by atoms with Crippen LogP contribution in [0.5, 0.6) is 0 Å². The van der Waals surface area contributed by atoms with Crippen molar-refractivity contribution >= 4 is 10.9 Å². The second-order valence-corrected chi connectivity index (χ2v) is 4.55. The zero-order valence-corrected chi connectivity index (χ0v) is 11.3. The van der Waals surface area contributed by atoms with Gasteiger partial charge < -0.3 is 10.2 Å². The maximum absolute atomic E-state index is 12.3. The van der Waals surface area contributed by atoms with E-state index in [0.29, 0.717) is 37.1 Å². The summed E-state index contributed by atoms with van der Waals surface area (Å²) in [5.41, 5.74) is 0.625. The van der Waals surface area contributed by atoms with E-state index in [-0.39, 0.29) is 18.8 Å². The normalized spacial score (nSPS) is 11.3. The molecule has 0 aliphatic heterocycles. The van der Waals surface area contributed by atoms with Gasteiger partial charge in [-0.3, -0.25) is 14.3 Å². The van der Waals surface area contributed by atoms with E-state index in [2.05, 4.69) is 4.98 Å². The minimum absolute atomic E-state index is 0.0326. The van der Waals surface area contributed by atoms with Crippen LogP contribution in [0.3, 0.4) is 0 Å². The average molecular weight is 277 g/mol. The summed E-state index contributed by atoms with van der Waals surface area (Å²) < 4.78 is 1.56. The molecule has 0 saturated heterocycles. The van der Waals surface area contributed by atoms with E-state index in [4.69, 9.17) is 10.2 Å². The maximum atomic E-state index is 12.3. The van der Waals surface area contributed by atoms with E-state index in [1.807, 2.05) is 23.1 Å². The third kappa shape index (κ3) is 3.41. The van der Waals surface area contributed by atoms with E-state index >= 15 is 0 Å². The van der Waals surface area contributed by atoms with Crippen molar-refractivity contribution in [1.29, 1.82) is 0 Å². The lowest BCUT2D eigenvalue weighted by Gasteiger charge is -2.20. The molecule has 0 spiro atoms. The molecule has 2 rings (SSSR count). The van der Waals surface area contributed by atoms with Crippen molar-refractivity contribution in [2.75, 3.05) is 32.8 Å². The highest BCUT2D eigenvalue weighted by Gasteiger charge is 2.06. The number of rotatable bonds is 7. The molecule has 20 heavy (non-hydrogen) atoms. The van der Waals surface area contributed by atoms with Crippen molar-refractivity contribution in [3.63, 3.8) is 0 Å². The highest BCUT2D eigenvalue weighted by Crippen LogP contribution is 2.04. The Morgan fingerprint density at radius 3 is 2.50 bits per heavy atom. The van der Waals surface area contributed by atoms with Crippen LogP contribution in [0, 0.1) is 0 Å². The van der Waals surface area contributed by atoms with Gasteiger partial charge in [-0.1, -0.05) is 12.1 Å². The summed E-state index contributed by atoms with van der Waals surface area (Å²) >= 11 is 0. The lowest BCUT2D eigenvalue weighted by atomic mass is 10.2. The molecule has 0 amide bonds. The number of aromatic nitrogens is 2. The highest BCUT2D eigenvalue weighted by molar-refractivity contribution is 5.76. The van der Waals surface area contributed by atoms with E-state index in [1.54, 1.807) is 17.0 Å². The molecule has 108 valence electrons. The first-order valence-electron chi connectivity index (χ1n) is 6.64. The number of hydrogen-bond donors (Lipinski definition) is 2. The first kappa shape index (κ1) is 14.6. The van der Waals surface area contributed by atoms with Crippen LogP contribution in [0.4, 0.5) is 0 Å². The van der Waals surface area contributed by atoms with Gasteiger partial charge in [0.25, 0.3) is 5.56 Å². The first-order valence-corrected chi connectivity index (χ1v) is 6.64. The molecule has 6 nitrogen and oxygen atoms in total. The third-order valence-corrected chi connectivity index (χ3v) is 3.22. The Bertz CT molecular complexity index is 606. The van der Waals surface area contributed by atoms with Crippen molar-refractivity contribution in [3.8, 4) is 0 Å². The van der Waals surface area contributed by atoms with Crippen LogP contribution in [0.2, 0.25) is 0 Å². The first-order chi connectivity index (χ1) is 9.76. The fraction of sp³-hybridized carbons (Fsp3) is 0.429. The van der Waals surface area contributed by atoms with Gasteiger partial charge in [0.2, 0.25) is 0 Å². The summed E-state index contributed by atoms with van der Waals surface area (Å²) in [5, 5.41) is 18.5. The molecule has 0 aliphatic rings. The molecule has 0 radical (unpaired) electrons. The minimum Gasteiger partial charge on any atom is -0.395 e. The van der Waals surface area contributed by atoms with Crippen LogP contribution in [0.15, 0.2) is 35.4 Å². The predicted molar refractivity (Wildman–Crippen MR) is 76.6 cm³/mol. The quantitative estimate of drug-likeness (QED) is 0.725. The fourth-order valence-electron chi connectivity index (χ4n) is 2.13. The zero-order chi connectivity index (χ0) is 14.4. The van der Waals surface area contributed by atoms with Crippen LogP contribution in [0.1, 0.15) is 0 Å². The van der Waals surface area contributed by atoms with Gasteiger partial charge in [0.15, 0.2) is 0 Å². The van der Waals surface area contributed by atoms with Crippen molar-refractivity contribution in [1.82, 2.24) is 14.5 Å². The van der Waals surface area contributed by atoms with Crippen molar-refractivity contribution < 1.29 is 10.2 Å². The fourth-order valence-corrected chi connectivity index (χ4v) is 2.13. The Kier molecular flexibility index (Phi) is 5.23. The van der Waals surface area contributed by atoms with Gasteiger partial charge >= 0.3 is 0 Å². The lowest BCUT2D eigenvalue weighted by Crippen LogP contribution is -2.35. The molecule has 1 heterocycles. The van der Waals surface area contributed by atoms with Crippen molar-refractivity contribution in [2.24, 2.45) is 0 Å². The van der Waals surface area contributed by atoms with Crippen LogP contribution in [-0.2, 0) is 6.54 Å². The van der Waals surface area contributed by atoms with E-state index in [9.17, 15) is 4.79 Å². The summed E-state index contributed by atoms with van der Waals surface area (Å²) in [4.78, 5) is 18.4. The SMILES string of the molecule is O=c1c2ccccc2ncn1CCN(CCO)CCO. The van der Waals surface area contributed by atoms with Gasteiger partial charge in [-0.2, -0.15) is 0 Å². The second kappa shape index (κ2) is 7.14. The van der Waals surface area contributed by atoms with Crippen molar-refractivity contribution in [3.05, 3.63) is 40.9 Å². The molecule has 2 aromatic rings. The van der Waals surface area contributed by atoms with Gasteiger partial charge in [-0.15, -0.1) is 0 Å². The van der Waals surface area contributed by atoms with Gasteiger partial charge in [0.1, 0.15) is 0 Å². The molecule has 0 unspecified atom stereocenters. The number of para-hydroxylation sites is 1. The molecule has 0 aliphatic carbocycles. The molecule has 2 N–H and O–H groups in total. The third-order valence-electron chi connectivity index (χ3n) is 3.22. The number of aliphatic hydroxyl groups excluding tert-OH is 2. The van der Waals surface area contributed by atoms with Crippen molar-refractivity contribution in [2.45, 2.75) is 6.54 Å². The predicted octanol–water partition coefficient (Wildman–Crippen LogP) is -0.317. The van der Waals surface area contributed by atoms with E-state index in [0.717, 1.165) is 0 Å². The molecular weight excluding hydrogens is 258 g/mol. The van der Waals surface area contributed by atoms with Gasteiger partial charge in [0.05, 0.1) is 30.4 Å². The topological polar surface area (TPSA) is 78.6 Å². The number of aliphatic hydroxyl groups is 2. The Hall–Kier alpha value is -1.76. The summed E-state index contributed by atoms with van der Waals surface area (Å²) in [6.07, 6.45) is 1.54. The number of hydrogen-bond acceptors (Lipinski definition) is 5. The molecule has 0 bridgehead atoms. The summed E-state index contributed by atoms with van der Waals surface area (Å²) in [5.74, 6) is 0. The summed E-state index contributed by atoms with van der Waals surface area (Å²) in [6, 6.07) is 7.24. The average Bonchev–Trinajstić information content (AvgIpc) is 2.47. The van der Waals surface area contributed by atoms with Gasteiger partial charge in [-0.05, 0) is 12.1 Å². The largest absolute Gasteiger partial charge is 0.395 e. The molecule has 1 aromatic heterocycles. The molecule has 0 saturated carbocycles. The minimum atomic E-state index is -0.0662. The summed E-state index contributed by atoms with van der Waals surface area (Å²) in [6.45, 7) is 2.10. The maximum Gasteiger partial charge on any atom is 0.261 e. The smallest absolute Gasteiger partial charge is 0.261 e. The van der Waals surface area contributed by atoms with Crippen LogP contribution in [0.25, 0.3) is 10.9 Å². The van der Waals surface area contributed by atoms with E-state index < -0.39 is 0 Å². The zero-order valence-electron chi connectivity index (χ0n) is 11.3. The monoisotopic (exact) mass is 277 g/mol. The standard InChI is InChI=1S/C14H19N3O3/c18-9-7-16(8-10-19)5-6-17-11-15-13-4-2-1-3-12(13)14(17)20/h1-4,11,18-19H,5-10H2. The Balaban J connectivity index is 2.13. The highest BCUT2D eigenvalue weighted by atomic mass is 16.3. The Morgan fingerprint density at radius 2 is 1.80 bits per heavy atom. The second-order valence-electron chi connectivity index (χ2n) is 4.55. The van der Waals surface area contributed by atoms with Crippen LogP contribution in [-0.4, -0.2) is 57.5 Å². The molecule has 6 heteroatoms. The number of benzene rings is 1. The Morgan fingerprint density at radius 1 is 1.10 bits per heavy atom. The molecular formula is C14H19N3O3. The van der Waals surface area contributed by atoms with Crippen LogP contribution >= 0.6 is 0 Å². The molecule has 0 atom stereocenters. The van der Waals surface area contributed by atoms with Gasteiger partial charge in [0, 0.05) is 26.2 Å². The number of fused-ring (bicyclic) bond motifs is 1. The Labute approximate surface area is 116 Å². The molecule has 1 aromatic carbocycles. The lowest BCUT2D eigenvalue weighted by molar-refractivity contribution is 0.157. The van der Waals surface area contributed by atoms with Gasteiger partial charge in [-0.25, -0.2) is 4.98 Å². The number of nitrogens with zero attached hydrogens (tertiary/aromatic N) is 3. The van der Waals surface area contributed by atoms with Crippen LogP contribution < -0.4 is 5.56 Å². The van der Waals surface area contributed by atoms with E-state index in [1.165, 1.54) is 0 Å². The summed E-state index contributed by atoms with van der Waals surface area (Å²) in [7, 11) is 0.